The van der Waals surface area contributed by atoms with Crippen LogP contribution in [0, 0.1) is 6.92 Å². The normalized spacial score (nSPS) is 11.2. The maximum Gasteiger partial charge on any atom is 0.140 e. The topological polar surface area (TPSA) is 61.1 Å². The van der Waals surface area contributed by atoms with E-state index in [4.69, 9.17) is 17.3 Å². The molecule has 23 heavy (non-hydrogen) atoms. The van der Waals surface area contributed by atoms with Crippen LogP contribution in [0.15, 0.2) is 55.1 Å². The second-order valence-electron chi connectivity index (χ2n) is 5.39. The second kappa shape index (κ2) is 5.14. The van der Waals surface area contributed by atoms with E-state index < -0.39 is 0 Å². The molecule has 0 aliphatic carbocycles. The van der Waals surface area contributed by atoms with Crippen LogP contribution < -0.4 is 5.73 Å². The number of anilines is 1. The number of pyridine rings is 1. The van der Waals surface area contributed by atoms with E-state index in [1.807, 2.05) is 52.7 Å². The minimum absolute atomic E-state index is 0.634. The van der Waals surface area contributed by atoms with Crippen molar-refractivity contribution < 1.29 is 0 Å². The fraction of sp³-hybridized carbons (Fsp3) is 0.0588. The van der Waals surface area contributed by atoms with Gasteiger partial charge in [0.2, 0.25) is 0 Å². The lowest BCUT2D eigenvalue weighted by atomic mass is 10.1. The highest BCUT2D eigenvalue weighted by Crippen LogP contribution is 2.28. The van der Waals surface area contributed by atoms with Crippen LogP contribution in [0.2, 0.25) is 5.02 Å². The molecule has 0 bridgehead atoms. The van der Waals surface area contributed by atoms with E-state index in [-0.39, 0.29) is 0 Å². The fourth-order valence-electron chi connectivity index (χ4n) is 2.67. The van der Waals surface area contributed by atoms with Gasteiger partial charge in [-0.2, -0.15) is 5.10 Å². The van der Waals surface area contributed by atoms with Crippen LogP contribution in [-0.4, -0.2) is 19.2 Å². The lowest BCUT2D eigenvalue weighted by Gasteiger charge is -2.10. The lowest BCUT2D eigenvalue weighted by molar-refractivity contribution is 0.968. The highest BCUT2D eigenvalue weighted by Gasteiger charge is 2.12. The van der Waals surface area contributed by atoms with Gasteiger partial charge in [0, 0.05) is 47.1 Å². The Morgan fingerprint density at radius 1 is 1.17 bits per heavy atom. The number of halogens is 1. The summed E-state index contributed by atoms with van der Waals surface area (Å²) in [6.07, 6.45) is 7.41. The fourth-order valence-corrected chi connectivity index (χ4v) is 2.90. The first kappa shape index (κ1) is 13.8. The van der Waals surface area contributed by atoms with Gasteiger partial charge in [-0.1, -0.05) is 11.6 Å². The van der Waals surface area contributed by atoms with Crippen LogP contribution >= 0.6 is 11.6 Å². The molecule has 0 aliphatic rings. The van der Waals surface area contributed by atoms with Crippen LogP contribution in [0.1, 0.15) is 5.56 Å². The van der Waals surface area contributed by atoms with Gasteiger partial charge >= 0.3 is 0 Å². The van der Waals surface area contributed by atoms with Gasteiger partial charge < -0.3 is 5.73 Å². The second-order valence-corrected chi connectivity index (χ2v) is 5.80. The molecule has 0 fully saturated rings. The molecule has 0 aliphatic heterocycles. The Labute approximate surface area is 137 Å². The summed E-state index contributed by atoms with van der Waals surface area (Å²) in [6.45, 7) is 1.98. The van der Waals surface area contributed by atoms with E-state index in [0.717, 1.165) is 28.2 Å². The molecule has 6 heteroatoms. The molecule has 2 N–H and O–H groups in total. The molecule has 0 atom stereocenters. The third-order valence-electron chi connectivity index (χ3n) is 3.88. The van der Waals surface area contributed by atoms with Gasteiger partial charge in [0.1, 0.15) is 5.65 Å². The average Bonchev–Trinajstić information content (AvgIpc) is 3.12. The predicted molar refractivity (Wildman–Crippen MR) is 91.9 cm³/mol. The SMILES string of the molecule is Cc1c(Cl)cc(N)cc1-n1ccn2nc(-c3cccnc3)cc12. The van der Waals surface area contributed by atoms with Crippen molar-refractivity contribution in [2.45, 2.75) is 6.92 Å². The summed E-state index contributed by atoms with van der Waals surface area (Å²) in [6, 6.07) is 9.58. The Kier molecular flexibility index (Phi) is 3.09. The number of nitrogen functional groups attached to an aromatic ring is 1. The van der Waals surface area contributed by atoms with Crippen molar-refractivity contribution in [1.82, 2.24) is 19.2 Å². The zero-order chi connectivity index (χ0) is 16.0. The highest BCUT2D eigenvalue weighted by molar-refractivity contribution is 6.31. The third kappa shape index (κ3) is 2.26. The third-order valence-corrected chi connectivity index (χ3v) is 4.27. The van der Waals surface area contributed by atoms with Gasteiger partial charge in [0.05, 0.1) is 11.4 Å². The van der Waals surface area contributed by atoms with Crippen molar-refractivity contribution in [2.24, 2.45) is 0 Å². The van der Waals surface area contributed by atoms with Crippen LogP contribution in [0.5, 0.6) is 0 Å². The largest absolute Gasteiger partial charge is 0.399 e. The number of fused-ring (bicyclic) bond motifs is 1. The predicted octanol–water partition coefficient (Wildman–Crippen LogP) is 3.73. The Bertz CT molecular complexity index is 1000. The van der Waals surface area contributed by atoms with Gasteiger partial charge in [0.25, 0.3) is 0 Å². The van der Waals surface area contributed by atoms with Gasteiger partial charge in [-0.15, -0.1) is 0 Å². The van der Waals surface area contributed by atoms with Gasteiger partial charge in [-0.25, -0.2) is 4.52 Å². The maximum absolute atomic E-state index is 6.26. The molecule has 0 saturated carbocycles. The number of benzene rings is 1. The summed E-state index contributed by atoms with van der Waals surface area (Å²) in [5.74, 6) is 0. The van der Waals surface area contributed by atoms with E-state index in [1.54, 1.807) is 18.5 Å². The van der Waals surface area contributed by atoms with Gasteiger partial charge in [-0.3, -0.25) is 9.55 Å². The Balaban J connectivity index is 1.91. The Morgan fingerprint density at radius 3 is 2.83 bits per heavy atom. The molecule has 114 valence electrons. The van der Waals surface area contributed by atoms with E-state index in [1.165, 1.54) is 0 Å². The zero-order valence-corrected chi connectivity index (χ0v) is 13.2. The molecule has 5 nitrogen and oxygen atoms in total. The number of nitrogens with zero attached hydrogens (tertiary/aromatic N) is 4. The van der Waals surface area contributed by atoms with Crippen molar-refractivity contribution in [2.75, 3.05) is 5.73 Å². The number of aromatic nitrogens is 4. The van der Waals surface area contributed by atoms with E-state index in [9.17, 15) is 0 Å². The molecule has 4 aromatic rings. The first-order chi connectivity index (χ1) is 11.1. The Hall–Kier alpha value is -2.79. The summed E-state index contributed by atoms with van der Waals surface area (Å²) < 4.78 is 3.86. The van der Waals surface area contributed by atoms with E-state index in [0.29, 0.717) is 10.7 Å². The summed E-state index contributed by atoms with van der Waals surface area (Å²) in [5.41, 5.74) is 11.3. The first-order valence-corrected chi connectivity index (χ1v) is 7.54. The minimum atomic E-state index is 0.634. The van der Waals surface area contributed by atoms with Crippen LogP contribution in [0.3, 0.4) is 0 Å². The summed E-state index contributed by atoms with van der Waals surface area (Å²) in [5, 5.41) is 5.25. The molecule has 0 radical (unpaired) electrons. The standard InChI is InChI=1S/C17H14ClN5/c1-11-14(18)7-13(19)8-16(11)22-5-6-23-17(22)9-15(21-23)12-3-2-4-20-10-12/h2-10H,19H2,1H3. The van der Waals surface area contributed by atoms with E-state index >= 15 is 0 Å². The molecule has 4 rings (SSSR count). The number of hydrogen-bond donors (Lipinski definition) is 1. The van der Waals surface area contributed by atoms with Crippen LogP contribution in [-0.2, 0) is 0 Å². The first-order valence-electron chi connectivity index (χ1n) is 7.16. The molecule has 0 spiro atoms. The van der Waals surface area contributed by atoms with Crippen molar-refractivity contribution in [1.29, 1.82) is 0 Å². The summed E-state index contributed by atoms with van der Waals surface area (Å²) in [4.78, 5) is 4.14. The van der Waals surface area contributed by atoms with Gasteiger partial charge in [0.15, 0.2) is 0 Å². The molecular formula is C17H14ClN5. The smallest absolute Gasteiger partial charge is 0.140 e. The van der Waals surface area contributed by atoms with Gasteiger partial charge in [-0.05, 0) is 36.8 Å². The van der Waals surface area contributed by atoms with Crippen LogP contribution in [0.25, 0.3) is 22.6 Å². The molecule has 0 saturated heterocycles. The van der Waals surface area contributed by atoms with E-state index in [2.05, 4.69) is 10.1 Å². The van der Waals surface area contributed by atoms with Crippen molar-refractivity contribution in [3.63, 3.8) is 0 Å². The Morgan fingerprint density at radius 2 is 2.04 bits per heavy atom. The molecule has 0 unspecified atom stereocenters. The molecular weight excluding hydrogens is 310 g/mol. The number of imidazole rings is 1. The number of rotatable bonds is 2. The molecule has 3 heterocycles. The highest BCUT2D eigenvalue weighted by atomic mass is 35.5. The average molecular weight is 324 g/mol. The maximum atomic E-state index is 6.26. The van der Waals surface area contributed by atoms with Crippen molar-refractivity contribution >= 4 is 22.9 Å². The molecule has 0 amide bonds. The summed E-state index contributed by atoms with van der Waals surface area (Å²) >= 11 is 6.26. The van der Waals surface area contributed by atoms with Crippen molar-refractivity contribution in [3.05, 3.63) is 65.7 Å². The number of nitrogens with two attached hydrogens (primary N) is 1. The van der Waals surface area contributed by atoms with Crippen LogP contribution in [0.4, 0.5) is 5.69 Å². The number of hydrogen-bond acceptors (Lipinski definition) is 3. The molecule has 3 aromatic heterocycles. The minimum Gasteiger partial charge on any atom is -0.399 e. The molecule has 1 aromatic carbocycles. The lowest BCUT2D eigenvalue weighted by Crippen LogP contribution is -1.98. The monoisotopic (exact) mass is 323 g/mol. The quantitative estimate of drug-likeness (QED) is 0.572. The van der Waals surface area contributed by atoms with Crippen molar-refractivity contribution in [3.8, 4) is 16.9 Å². The zero-order valence-electron chi connectivity index (χ0n) is 12.4. The summed E-state index contributed by atoms with van der Waals surface area (Å²) in [7, 11) is 0.